The minimum atomic E-state index is 0.334. The predicted octanol–water partition coefficient (Wildman–Crippen LogP) is 1.57. The molecule has 1 aliphatic heterocycles. The zero-order chi connectivity index (χ0) is 13.0. The summed E-state index contributed by atoms with van der Waals surface area (Å²) in [6, 6.07) is 4.94. The highest BCUT2D eigenvalue weighted by atomic mass is 16.3. The van der Waals surface area contributed by atoms with E-state index in [2.05, 4.69) is 42.2 Å². The Balaban J connectivity index is 1.85. The SMILES string of the molecule is CCC(NCC1CN(C)CCN1C)c1ccco1. The van der Waals surface area contributed by atoms with Gasteiger partial charge in [-0.2, -0.15) is 0 Å². The summed E-state index contributed by atoms with van der Waals surface area (Å²) >= 11 is 0. The maximum absolute atomic E-state index is 5.49. The molecule has 2 unspecified atom stereocenters. The number of nitrogens with one attached hydrogen (secondary N) is 1. The Morgan fingerprint density at radius 1 is 1.44 bits per heavy atom. The number of rotatable bonds is 5. The highest BCUT2D eigenvalue weighted by molar-refractivity contribution is 5.04. The monoisotopic (exact) mass is 251 g/mol. The molecule has 1 saturated heterocycles. The van der Waals surface area contributed by atoms with Gasteiger partial charge < -0.3 is 14.6 Å². The Labute approximate surface area is 110 Å². The summed E-state index contributed by atoms with van der Waals surface area (Å²) in [6.45, 7) is 6.66. The third-order valence-corrected chi connectivity index (χ3v) is 3.87. The second-order valence-electron chi connectivity index (χ2n) is 5.28. The first-order valence-electron chi connectivity index (χ1n) is 6.86. The van der Waals surface area contributed by atoms with E-state index in [9.17, 15) is 0 Å². The van der Waals surface area contributed by atoms with E-state index in [1.54, 1.807) is 6.26 Å². The van der Waals surface area contributed by atoms with Crippen LogP contribution in [-0.4, -0.2) is 56.1 Å². The summed E-state index contributed by atoms with van der Waals surface area (Å²) in [5.41, 5.74) is 0. The van der Waals surface area contributed by atoms with Gasteiger partial charge in [0, 0.05) is 32.2 Å². The fraction of sp³-hybridized carbons (Fsp3) is 0.714. The van der Waals surface area contributed by atoms with Crippen LogP contribution in [0.3, 0.4) is 0 Å². The van der Waals surface area contributed by atoms with Gasteiger partial charge in [0.1, 0.15) is 5.76 Å². The Hall–Kier alpha value is -0.840. The van der Waals surface area contributed by atoms with Gasteiger partial charge in [0.15, 0.2) is 0 Å². The molecule has 102 valence electrons. The molecule has 1 aliphatic rings. The highest BCUT2D eigenvalue weighted by Crippen LogP contribution is 2.17. The van der Waals surface area contributed by atoms with Crippen LogP contribution in [0.2, 0.25) is 0 Å². The van der Waals surface area contributed by atoms with Crippen molar-refractivity contribution in [2.75, 3.05) is 40.3 Å². The average molecular weight is 251 g/mol. The third kappa shape index (κ3) is 3.34. The highest BCUT2D eigenvalue weighted by Gasteiger charge is 2.23. The van der Waals surface area contributed by atoms with Crippen molar-refractivity contribution in [1.82, 2.24) is 15.1 Å². The van der Waals surface area contributed by atoms with Crippen molar-refractivity contribution in [2.24, 2.45) is 0 Å². The van der Waals surface area contributed by atoms with Crippen LogP contribution in [-0.2, 0) is 0 Å². The Morgan fingerprint density at radius 3 is 2.94 bits per heavy atom. The van der Waals surface area contributed by atoms with Crippen LogP contribution in [0.5, 0.6) is 0 Å². The molecular weight excluding hydrogens is 226 g/mol. The largest absolute Gasteiger partial charge is 0.468 e. The van der Waals surface area contributed by atoms with E-state index >= 15 is 0 Å². The molecule has 0 aliphatic carbocycles. The van der Waals surface area contributed by atoms with Crippen molar-refractivity contribution in [2.45, 2.75) is 25.4 Å². The maximum Gasteiger partial charge on any atom is 0.120 e. The predicted molar refractivity (Wildman–Crippen MR) is 73.7 cm³/mol. The summed E-state index contributed by atoms with van der Waals surface area (Å²) in [5, 5.41) is 3.63. The number of piperazine rings is 1. The van der Waals surface area contributed by atoms with Gasteiger partial charge in [-0.15, -0.1) is 0 Å². The van der Waals surface area contributed by atoms with Gasteiger partial charge in [-0.05, 0) is 32.6 Å². The molecule has 2 rings (SSSR count). The van der Waals surface area contributed by atoms with E-state index in [1.807, 2.05) is 6.07 Å². The molecule has 0 spiro atoms. The molecule has 1 N–H and O–H groups in total. The van der Waals surface area contributed by atoms with Crippen molar-refractivity contribution in [3.63, 3.8) is 0 Å². The zero-order valence-corrected chi connectivity index (χ0v) is 11.7. The molecule has 0 radical (unpaired) electrons. The Kier molecular flexibility index (Phi) is 4.80. The first-order valence-corrected chi connectivity index (χ1v) is 6.86. The van der Waals surface area contributed by atoms with Crippen molar-refractivity contribution in [3.8, 4) is 0 Å². The smallest absolute Gasteiger partial charge is 0.120 e. The molecule has 0 amide bonds. The van der Waals surface area contributed by atoms with Gasteiger partial charge >= 0.3 is 0 Å². The van der Waals surface area contributed by atoms with Gasteiger partial charge in [-0.25, -0.2) is 0 Å². The Morgan fingerprint density at radius 2 is 2.28 bits per heavy atom. The first-order chi connectivity index (χ1) is 8.70. The maximum atomic E-state index is 5.49. The number of likely N-dealkylation sites (N-methyl/N-ethyl adjacent to an activating group) is 2. The lowest BCUT2D eigenvalue weighted by Crippen LogP contribution is -2.54. The molecule has 2 atom stereocenters. The van der Waals surface area contributed by atoms with Gasteiger partial charge in [0.2, 0.25) is 0 Å². The molecule has 0 bridgehead atoms. The fourth-order valence-corrected chi connectivity index (χ4v) is 2.54. The van der Waals surface area contributed by atoms with Crippen molar-refractivity contribution >= 4 is 0 Å². The van der Waals surface area contributed by atoms with Gasteiger partial charge in [-0.3, -0.25) is 4.90 Å². The van der Waals surface area contributed by atoms with Crippen LogP contribution in [0.1, 0.15) is 25.1 Å². The summed E-state index contributed by atoms with van der Waals surface area (Å²) in [5.74, 6) is 1.05. The zero-order valence-electron chi connectivity index (χ0n) is 11.7. The number of furan rings is 1. The number of hydrogen-bond donors (Lipinski definition) is 1. The lowest BCUT2D eigenvalue weighted by molar-refractivity contribution is 0.110. The first kappa shape index (κ1) is 13.6. The van der Waals surface area contributed by atoms with E-state index in [4.69, 9.17) is 4.42 Å². The van der Waals surface area contributed by atoms with Crippen LogP contribution >= 0.6 is 0 Å². The van der Waals surface area contributed by atoms with E-state index in [0.717, 1.165) is 31.8 Å². The molecule has 4 nitrogen and oxygen atoms in total. The van der Waals surface area contributed by atoms with Gasteiger partial charge in [-0.1, -0.05) is 6.92 Å². The minimum absolute atomic E-state index is 0.334. The molecule has 1 aromatic rings. The molecule has 18 heavy (non-hydrogen) atoms. The standard InChI is InChI=1S/C14H25N3O/c1-4-13(14-6-5-9-18-14)15-10-12-11-16(2)7-8-17(12)3/h5-6,9,12-13,15H,4,7-8,10-11H2,1-3H3. The van der Waals surface area contributed by atoms with Crippen molar-refractivity contribution in [1.29, 1.82) is 0 Å². The van der Waals surface area contributed by atoms with Crippen LogP contribution in [0.15, 0.2) is 22.8 Å². The lowest BCUT2D eigenvalue weighted by atomic mass is 10.1. The Bertz CT molecular complexity index is 339. The van der Waals surface area contributed by atoms with Crippen LogP contribution in [0, 0.1) is 0 Å². The van der Waals surface area contributed by atoms with E-state index < -0.39 is 0 Å². The minimum Gasteiger partial charge on any atom is -0.468 e. The molecule has 4 heteroatoms. The fourth-order valence-electron chi connectivity index (χ4n) is 2.54. The normalized spacial score (nSPS) is 24.3. The van der Waals surface area contributed by atoms with E-state index in [1.165, 1.54) is 6.54 Å². The van der Waals surface area contributed by atoms with Crippen molar-refractivity contribution < 1.29 is 4.42 Å². The summed E-state index contributed by atoms with van der Waals surface area (Å²) in [4.78, 5) is 4.85. The molecule has 2 heterocycles. The van der Waals surface area contributed by atoms with E-state index in [-0.39, 0.29) is 0 Å². The van der Waals surface area contributed by atoms with Crippen molar-refractivity contribution in [3.05, 3.63) is 24.2 Å². The van der Waals surface area contributed by atoms with Crippen LogP contribution in [0.25, 0.3) is 0 Å². The van der Waals surface area contributed by atoms with Crippen LogP contribution < -0.4 is 5.32 Å². The molecule has 1 aromatic heterocycles. The third-order valence-electron chi connectivity index (χ3n) is 3.87. The van der Waals surface area contributed by atoms with Crippen LogP contribution in [0.4, 0.5) is 0 Å². The second-order valence-corrected chi connectivity index (χ2v) is 5.28. The summed E-state index contributed by atoms with van der Waals surface area (Å²) in [7, 11) is 4.41. The number of nitrogens with zero attached hydrogens (tertiary/aromatic N) is 2. The topological polar surface area (TPSA) is 31.6 Å². The molecular formula is C14H25N3O. The molecule has 0 saturated carbocycles. The number of hydrogen-bond acceptors (Lipinski definition) is 4. The molecule has 0 aromatic carbocycles. The lowest BCUT2D eigenvalue weighted by Gasteiger charge is -2.38. The average Bonchev–Trinajstić information content (AvgIpc) is 2.88. The second kappa shape index (κ2) is 6.36. The summed E-state index contributed by atoms with van der Waals surface area (Å²) in [6.07, 6.45) is 2.81. The van der Waals surface area contributed by atoms with E-state index in [0.29, 0.717) is 12.1 Å². The van der Waals surface area contributed by atoms with Gasteiger partial charge in [0.25, 0.3) is 0 Å². The quantitative estimate of drug-likeness (QED) is 0.861. The van der Waals surface area contributed by atoms with Gasteiger partial charge in [0.05, 0.1) is 12.3 Å². The molecule has 1 fully saturated rings. The summed E-state index contributed by atoms with van der Waals surface area (Å²) < 4.78 is 5.49.